The molecule has 1 aliphatic heterocycles. The molecular weight excluding hydrogens is 438 g/mol. The first-order chi connectivity index (χ1) is 15.8. The summed E-state index contributed by atoms with van der Waals surface area (Å²) in [6.45, 7) is 0.655. The zero-order chi connectivity index (χ0) is 23.2. The van der Waals surface area contributed by atoms with Gasteiger partial charge in [0.15, 0.2) is 0 Å². The van der Waals surface area contributed by atoms with Gasteiger partial charge in [0, 0.05) is 36.3 Å². The smallest absolute Gasteiger partial charge is 0.251 e. The van der Waals surface area contributed by atoms with Crippen molar-refractivity contribution in [1.82, 2.24) is 19.6 Å². The minimum Gasteiger partial charge on any atom is -0.382 e. The largest absolute Gasteiger partial charge is 0.382 e. The van der Waals surface area contributed by atoms with Crippen molar-refractivity contribution in [2.24, 2.45) is 0 Å². The van der Waals surface area contributed by atoms with Crippen LogP contribution >= 0.6 is 0 Å². The van der Waals surface area contributed by atoms with Crippen LogP contribution in [0.25, 0.3) is 22.5 Å². The number of nitrogen functional groups attached to an aromatic ring is 1. The number of hydrogen-bond donors (Lipinski definition) is 2. The Morgan fingerprint density at radius 2 is 1.82 bits per heavy atom. The van der Waals surface area contributed by atoms with E-state index in [4.69, 9.17) is 10.7 Å². The highest BCUT2D eigenvalue weighted by atomic mass is 32.2. The molecule has 33 heavy (non-hydrogen) atoms. The molecule has 9 heteroatoms. The lowest BCUT2D eigenvalue weighted by atomic mass is 9.99. The number of fused-ring (bicyclic) bond motifs is 1. The molecule has 170 valence electrons. The number of nitrogens with one attached hydrogen (secondary N) is 1. The van der Waals surface area contributed by atoms with Crippen LogP contribution in [0.15, 0.2) is 53.6 Å². The lowest BCUT2D eigenvalue weighted by Gasteiger charge is -2.16. The molecule has 0 saturated heterocycles. The minimum atomic E-state index is -3.50. The van der Waals surface area contributed by atoms with Crippen molar-refractivity contribution in [3.05, 3.63) is 59.8 Å². The number of hydrogen-bond acceptors (Lipinski definition) is 6. The van der Waals surface area contributed by atoms with E-state index in [1.165, 1.54) is 4.31 Å². The van der Waals surface area contributed by atoms with E-state index >= 15 is 0 Å². The summed E-state index contributed by atoms with van der Waals surface area (Å²) < 4.78 is 27.0. The van der Waals surface area contributed by atoms with Gasteiger partial charge in [0.2, 0.25) is 10.0 Å². The molecule has 3 aromatic rings. The van der Waals surface area contributed by atoms with E-state index in [-0.39, 0.29) is 16.8 Å². The van der Waals surface area contributed by atoms with Crippen molar-refractivity contribution < 1.29 is 13.2 Å². The predicted molar refractivity (Wildman–Crippen MR) is 126 cm³/mol. The second-order valence-electron chi connectivity index (χ2n) is 8.50. The van der Waals surface area contributed by atoms with E-state index in [0.717, 1.165) is 42.4 Å². The average Bonchev–Trinajstić information content (AvgIpc) is 3.68. The van der Waals surface area contributed by atoms with Crippen LogP contribution in [0.3, 0.4) is 0 Å². The van der Waals surface area contributed by atoms with E-state index in [1.54, 1.807) is 43.6 Å². The number of aromatic nitrogens is 2. The van der Waals surface area contributed by atoms with Crippen LogP contribution in [0.1, 0.15) is 35.2 Å². The number of nitrogens with zero attached hydrogens (tertiary/aromatic N) is 3. The van der Waals surface area contributed by atoms with Gasteiger partial charge in [0.25, 0.3) is 5.91 Å². The Morgan fingerprint density at radius 1 is 1.09 bits per heavy atom. The van der Waals surface area contributed by atoms with Crippen LogP contribution in [0.4, 0.5) is 5.82 Å². The van der Waals surface area contributed by atoms with Gasteiger partial charge < -0.3 is 11.1 Å². The number of anilines is 1. The quantitative estimate of drug-likeness (QED) is 0.601. The Morgan fingerprint density at radius 3 is 2.55 bits per heavy atom. The van der Waals surface area contributed by atoms with Gasteiger partial charge in [0.05, 0.1) is 16.8 Å². The summed E-state index contributed by atoms with van der Waals surface area (Å²) in [5.74, 6) is 0.228. The number of carbonyl (C=O) groups excluding carboxylic acids is 1. The molecule has 8 nitrogen and oxygen atoms in total. The average molecular weight is 464 g/mol. The third-order valence-electron chi connectivity index (χ3n) is 6.22. The topological polar surface area (TPSA) is 118 Å². The predicted octanol–water partition coefficient (Wildman–Crippen LogP) is 2.85. The van der Waals surface area contributed by atoms with E-state index in [2.05, 4.69) is 10.3 Å². The van der Waals surface area contributed by atoms with Crippen LogP contribution < -0.4 is 11.1 Å². The van der Waals surface area contributed by atoms with Crippen molar-refractivity contribution in [3.63, 3.8) is 0 Å². The third kappa shape index (κ3) is 4.09. The Bertz CT molecular complexity index is 1330. The van der Waals surface area contributed by atoms with Gasteiger partial charge >= 0.3 is 0 Å². The maximum atomic E-state index is 12.8. The molecule has 3 N–H and O–H groups in total. The normalized spacial score (nSPS) is 16.2. The molecule has 0 atom stereocenters. The molecular formula is C24H25N5O3S. The lowest BCUT2D eigenvalue weighted by Crippen LogP contribution is -2.28. The van der Waals surface area contributed by atoms with Gasteiger partial charge in [-0.2, -0.15) is 4.31 Å². The standard InChI is InChI=1S/C24H25N5O3S/c1-29(18-7-8-18)33(31,32)19-9-4-15(5-10-19)21-14-27-23(25)22(28-21)17-6-11-20-16(13-17)3-2-12-26-24(20)30/h4-6,9-11,13-14,18H,2-3,7-8,12H2,1H3,(H2,25,27)(H,26,30). The zero-order valence-electron chi connectivity index (χ0n) is 18.3. The van der Waals surface area contributed by atoms with E-state index in [1.807, 2.05) is 12.1 Å². The first-order valence-electron chi connectivity index (χ1n) is 11.0. The van der Waals surface area contributed by atoms with E-state index in [0.29, 0.717) is 29.3 Å². The summed E-state index contributed by atoms with van der Waals surface area (Å²) in [6, 6.07) is 12.4. The molecule has 5 rings (SSSR count). The summed E-state index contributed by atoms with van der Waals surface area (Å²) in [7, 11) is -1.88. The van der Waals surface area contributed by atoms with Crippen LogP contribution in [0, 0.1) is 0 Å². The number of nitrogens with two attached hydrogens (primary N) is 1. The van der Waals surface area contributed by atoms with E-state index < -0.39 is 10.0 Å². The molecule has 0 bridgehead atoms. The molecule has 1 amide bonds. The first-order valence-corrected chi connectivity index (χ1v) is 12.4. The van der Waals surface area contributed by atoms with Gasteiger partial charge in [-0.05, 0) is 55.5 Å². The van der Waals surface area contributed by atoms with Crippen molar-refractivity contribution in [1.29, 1.82) is 0 Å². The van der Waals surface area contributed by atoms with Crippen molar-refractivity contribution in [2.75, 3.05) is 19.3 Å². The molecule has 1 aliphatic carbocycles. The van der Waals surface area contributed by atoms with Crippen LogP contribution in [0.2, 0.25) is 0 Å². The highest BCUT2D eigenvalue weighted by molar-refractivity contribution is 7.89. The maximum absolute atomic E-state index is 12.8. The second kappa shape index (κ2) is 8.24. The summed E-state index contributed by atoms with van der Waals surface area (Å²) in [4.78, 5) is 21.5. The molecule has 0 spiro atoms. The fraction of sp³-hybridized carbons (Fsp3) is 0.292. The van der Waals surface area contributed by atoms with Crippen LogP contribution in [-0.4, -0.2) is 48.2 Å². The Balaban J connectivity index is 1.47. The molecule has 0 unspecified atom stereocenters. The molecule has 0 radical (unpaired) electrons. The third-order valence-corrected chi connectivity index (χ3v) is 8.14. The summed E-state index contributed by atoms with van der Waals surface area (Å²) in [5.41, 5.74) is 10.4. The molecule has 2 heterocycles. The van der Waals surface area contributed by atoms with Gasteiger partial charge in [-0.15, -0.1) is 0 Å². The zero-order valence-corrected chi connectivity index (χ0v) is 19.1. The van der Waals surface area contributed by atoms with Gasteiger partial charge in [-0.25, -0.2) is 18.4 Å². The fourth-order valence-electron chi connectivity index (χ4n) is 4.09. The number of sulfonamides is 1. The summed E-state index contributed by atoms with van der Waals surface area (Å²) >= 11 is 0. The maximum Gasteiger partial charge on any atom is 0.251 e. The Labute approximate surface area is 192 Å². The molecule has 2 aliphatic rings. The van der Waals surface area contributed by atoms with Crippen LogP contribution in [0.5, 0.6) is 0 Å². The molecule has 1 aromatic heterocycles. The summed E-state index contributed by atoms with van der Waals surface area (Å²) in [6.07, 6.45) is 5.06. The highest BCUT2D eigenvalue weighted by Gasteiger charge is 2.35. The number of carbonyl (C=O) groups is 1. The minimum absolute atomic E-state index is 0.0655. The number of aryl methyl sites for hydroxylation is 1. The van der Waals surface area contributed by atoms with Crippen molar-refractivity contribution in [2.45, 2.75) is 36.6 Å². The van der Waals surface area contributed by atoms with Crippen molar-refractivity contribution in [3.8, 4) is 22.5 Å². The molecule has 2 aromatic carbocycles. The van der Waals surface area contributed by atoms with Gasteiger partial charge in [-0.1, -0.05) is 18.2 Å². The first kappa shape index (κ1) is 21.5. The van der Waals surface area contributed by atoms with Crippen molar-refractivity contribution >= 4 is 21.7 Å². The highest BCUT2D eigenvalue weighted by Crippen LogP contribution is 2.32. The second-order valence-corrected chi connectivity index (χ2v) is 10.5. The SMILES string of the molecule is CN(C1CC1)S(=O)(=O)c1ccc(-c2cnc(N)c(-c3ccc4c(c3)CCCNC4=O)n2)cc1. The molecule has 1 saturated carbocycles. The monoisotopic (exact) mass is 463 g/mol. The van der Waals surface area contributed by atoms with E-state index in [9.17, 15) is 13.2 Å². The number of benzene rings is 2. The van der Waals surface area contributed by atoms with Crippen LogP contribution in [-0.2, 0) is 16.4 Å². The number of amides is 1. The fourth-order valence-corrected chi connectivity index (χ4v) is 5.51. The van der Waals surface area contributed by atoms with Gasteiger partial charge in [0.1, 0.15) is 11.5 Å². The molecule has 1 fully saturated rings. The van der Waals surface area contributed by atoms with Gasteiger partial charge in [-0.3, -0.25) is 4.79 Å². The summed E-state index contributed by atoms with van der Waals surface area (Å²) in [5, 5.41) is 2.90. The lowest BCUT2D eigenvalue weighted by molar-refractivity contribution is 0.0956. The number of rotatable bonds is 5. The Kier molecular flexibility index (Phi) is 5.38. The Hall–Kier alpha value is -3.30.